The Morgan fingerprint density at radius 2 is 2.06 bits per heavy atom. The highest BCUT2D eigenvalue weighted by Crippen LogP contribution is 2.17. The fourth-order valence-electron chi connectivity index (χ4n) is 2.22. The van der Waals surface area contributed by atoms with E-state index in [0.717, 1.165) is 18.8 Å². The molecule has 0 aliphatic carbocycles. The molecule has 1 amide bonds. The lowest BCUT2D eigenvalue weighted by Crippen LogP contribution is -2.48. The van der Waals surface area contributed by atoms with E-state index in [1.54, 1.807) is 6.07 Å². The molecule has 1 aliphatic rings. The molecule has 0 N–H and O–H groups in total. The molecule has 18 heavy (non-hydrogen) atoms. The molecule has 0 spiro atoms. The number of rotatable bonds is 2. The molecule has 0 bridgehead atoms. The lowest BCUT2D eigenvalue weighted by Gasteiger charge is -2.33. The highest BCUT2D eigenvalue weighted by atomic mass is 16.3. The van der Waals surface area contributed by atoms with Crippen molar-refractivity contribution in [1.82, 2.24) is 9.80 Å². The van der Waals surface area contributed by atoms with Crippen LogP contribution in [0.2, 0.25) is 0 Å². The van der Waals surface area contributed by atoms with Crippen LogP contribution in [-0.4, -0.2) is 48.4 Å². The molecule has 5 nitrogen and oxygen atoms in total. The molecule has 96 valence electrons. The molecule has 1 aromatic heterocycles. The van der Waals surface area contributed by atoms with Crippen molar-refractivity contribution in [3.63, 3.8) is 0 Å². The Morgan fingerprint density at radius 1 is 1.39 bits per heavy atom. The first-order valence-corrected chi connectivity index (χ1v) is 6.07. The van der Waals surface area contributed by atoms with Crippen LogP contribution in [-0.2, 0) is 0 Å². The van der Waals surface area contributed by atoms with Gasteiger partial charge in [0, 0.05) is 26.2 Å². The van der Waals surface area contributed by atoms with Gasteiger partial charge in [0.05, 0.1) is 18.2 Å². The summed E-state index contributed by atoms with van der Waals surface area (Å²) >= 11 is 0. The van der Waals surface area contributed by atoms with Crippen molar-refractivity contribution in [1.29, 1.82) is 5.26 Å². The predicted octanol–water partition coefficient (Wildman–Crippen LogP) is 1.18. The summed E-state index contributed by atoms with van der Waals surface area (Å²) in [6.07, 6.45) is 0. The number of aryl methyl sites for hydroxylation is 2. The van der Waals surface area contributed by atoms with Gasteiger partial charge in [0.1, 0.15) is 11.5 Å². The van der Waals surface area contributed by atoms with E-state index < -0.39 is 0 Å². The lowest BCUT2D eigenvalue weighted by atomic mass is 10.2. The van der Waals surface area contributed by atoms with Gasteiger partial charge in [-0.25, -0.2) is 0 Å². The second-order valence-corrected chi connectivity index (χ2v) is 4.55. The quantitative estimate of drug-likeness (QED) is 0.736. The summed E-state index contributed by atoms with van der Waals surface area (Å²) in [5, 5.41) is 8.63. The third kappa shape index (κ3) is 2.54. The number of carbonyl (C=O) groups is 1. The monoisotopic (exact) mass is 247 g/mol. The Hall–Kier alpha value is -1.80. The molecule has 0 saturated carbocycles. The number of hydrogen-bond donors (Lipinski definition) is 0. The number of carbonyl (C=O) groups excluding carboxylic acids is 1. The van der Waals surface area contributed by atoms with Crippen molar-refractivity contribution in [3.8, 4) is 6.07 Å². The molecule has 2 heterocycles. The number of nitriles is 1. The number of amides is 1. The molecular weight excluding hydrogens is 230 g/mol. The third-order valence-corrected chi connectivity index (χ3v) is 3.23. The van der Waals surface area contributed by atoms with Gasteiger partial charge in [-0.3, -0.25) is 9.69 Å². The van der Waals surface area contributed by atoms with Crippen LogP contribution in [0.1, 0.15) is 21.9 Å². The highest BCUT2D eigenvalue weighted by Gasteiger charge is 2.24. The van der Waals surface area contributed by atoms with Crippen molar-refractivity contribution >= 4 is 5.91 Å². The van der Waals surface area contributed by atoms with Crippen molar-refractivity contribution in [2.75, 3.05) is 32.7 Å². The van der Waals surface area contributed by atoms with Gasteiger partial charge < -0.3 is 9.32 Å². The van der Waals surface area contributed by atoms with Gasteiger partial charge in [0.25, 0.3) is 5.91 Å². The zero-order valence-electron chi connectivity index (χ0n) is 10.8. The molecule has 1 fully saturated rings. The largest absolute Gasteiger partial charge is 0.466 e. The second-order valence-electron chi connectivity index (χ2n) is 4.55. The minimum atomic E-state index is 0.0287. The van der Waals surface area contributed by atoms with Gasteiger partial charge in [0.15, 0.2) is 0 Å². The maximum atomic E-state index is 12.3. The fraction of sp³-hybridized carbons (Fsp3) is 0.538. The first-order chi connectivity index (χ1) is 8.61. The smallest absolute Gasteiger partial charge is 0.257 e. The van der Waals surface area contributed by atoms with Crippen molar-refractivity contribution in [2.45, 2.75) is 13.8 Å². The van der Waals surface area contributed by atoms with Crippen molar-refractivity contribution < 1.29 is 9.21 Å². The van der Waals surface area contributed by atoms with Crippen LogP contribution < -0.4 is 0 Å². The zero-order chi connectivity index (χ0) is 13.1. The molecule has 1 aliphatic heterocycles. The molecule has 0 atom stereocenters. The summed E-state index contributed by atoms with van der Waals surface area (Å²) in [4.78, 5) is 16.2. The molecule has 2 rings (SSSR count). The van der Waals surface area contributed by atoms with E-state index in [9.17, 15) is 4.79 Å². The molecule has 0 radical (unpaired) electrons. The van der Waals surface area contributed by atoms with Gasteiger partial charge >= 0.3 is 0 Å². The minimum Gasteiger partial charge on any atom is -0.466 e. The van der Waals surface area contributed by atoms with E-state index in [2.05, 4.69) is 11.0 Å². The van der Waals surface area contributed by atoms with Crippen LogP contribution in [0.25, 0.3) is 0 Å². The number of hydrogen-bond acceptors (Lipinski definition) is 4. The van der Waals surface area contributed by atoms with Crippen molar-refractivity contribution in [2.24, 2.45) is 0 Å². The summed E-state index contributed by atoms with van der Waals surface area (Å²) in [6, 6.07) is 3.92. The van der Waals surface area contributed by atoms with Crippen LogP contribution in [0, 0.1) is 25.2 Å². The second kappa shape index (κ2) is 5.23. The first-order valence-electron chi connectivity index (χ1n) is 6.07. The topological polar surface area (TPSA) is 60.5 Å². The summed E-state index contributed by atoms with van der Waals surface area (Å²) in [6.45, 7) is 6.95. The number of nitrogens with zero attached hydrogens (tertiary/aromatic N) is 3. The molecule has 5 heteroatoms. The summed E-state index contributed by atoms with van der Waals surface area (Å²) in [5.41, 5.74) is 0.654. The normalized spacial score (nSPS) is 16.6. The van der Waals surface area contributed by atoms with Gasteiger partial charge in [0.2, 0.25) is 0 Å². The summed E-state index contributed by atoms with van der Waals surface area (Å²) in [5.74, 6) is 1.47. The van der Waals surface area contributed by atoms with E-state index in [1.807, 2.05) is 18.7 Å². The number of furan rings is 1. The van der Waals surface area contributed by atoms with E-state index in [-0.39, 0.29) is 5.91 Å². The molecular formula is C13H17N3O2. The average molecular weight is 247 g/mol. The van der Waals surface area contributed by atoms with Crippen LogP contribution in [0.4, 0.5) is 0 Å². The Kier molecular flexibility index (Phi) is 3.68. The Labute approximate surface area is 107 Å². The molecule has 1 aromatic rings. The summed E-state index contributed by atoms with van der Waals surface area (Å²) in [7, 11) is 0. The first kappa shape index (κ1) is 12.7. The molecule has 0 aromatic carbocycles. The van der Waals surface area contributed by atoms with E-state index in [4.69, 9.17) is 9.68 Å². The van der Waals surface area contributed by atoms with E-state index in [0.29, 0.717) is 31.0 Å². The standard InChI is InChI=1S/C13H17N3O2/c1-10-9-12(11(2)18-10)13(17)16-7-5-15(4-3-14)6-8-16/h9H,4-8H2,1-2H3. The minimum absolute atomic E-state index is 0.0287. The SMILES string of the molecule is Cc1cc(C(=O)N2CCN(CC#N)CC2)c(C)o1. The predicted molar refractivity (Wildman–Crippen MR) is 66.1 cm³/mol. The zero-order valence-corrected chi connectivity index (χ0v) is 10.8. The van der Waals surface area contributed by atoms with Gasteiger partial charge in [-0.2, -0.15) is 5.26 Å². The highest BCUT2D eigenvalue weighted by molar-refractivity contribution is 5.95. The van der Waals surface area contributed by atoms with Crippen LogP contribution >= 0.6 is 0 Å². The molecule has 1 saturated heterocycles. The van der Waals surface area contributed by atoms with Gasteiger partial charge in [-0.15, -0.1) is 0 Å². The van der Waals surface area contributed by atoms with E-state index >= 15 is 0 Å². The third-order valence-electron chi connectivity index (χ3n) is 3.23. The van der Waals surface area contributed by atoms with Gasteiger partial charge in [-0.05, 0) is 19.9 Å². The number of piperazine rings is 1. The molecule has 0 unspecified atom stereocenters. The maximum Gasteiger partial charge on any atom is 0.257 e. The fourth-order valence-corrected chi connectivity index (χ4v) is 2.22. The van der Waals surface area contributed by atoms with E-state index in [1.165, 1.54) is 0 Å². The lowest BCUT2D eigenvalue weighted by molar-refractivity contribution is 0.0650. The Bertz CT molecular complexity index is 479. The van der Waals surface area contributed by atoms with Crippen LogP contribution in [0.5, 0.6) is 0 Å². The van der Waals surface area contributed by atoms with Crippen molar-refractivity contribution in [3.05, 3.63) is 23.2 Å². The maximum absolute atomic E-state index is 12.3. The Balaban J connectivity index is 2.00. The van der Waals surface area contributed by atoms with Crippen LogP contribution in [0.3, 0.4) is 0 Å². The Morgan fingerprint density at radius 3 is 2.56 bits per heavy atom. The van der Waals surface area contributed by atoms with Crippen LogP contribution in [0.15, 0.2) is 10.5 Å². The summed E-state index contributed by atoms with van der Waals surface area (Å²) < 4.78 is 5.39. The average Bonchev–Trinajstić information content (AvgIpc) is 2.69. The van der Waals surface area contributed by atoms with Gasteiger partial charge in [-0.1, -0.05) is 0 Å².